The zero-order chi connectivity index (χ0) is 28.5. The summed E-state index contributed by atoms with van der Waals surface area (Å²) in [5.41, 5.74) is 4.86. The number of piperidine rings is 1. The second-order valence-corrected chi connectivity index (χ2v) is 12.5. The fraction of sp³-hybridized carbons (Fsp3) is 0.500. The van der Waals surface area contributed by atoms with E-state index in [9.17, 15) is 14.7 Å². The van der Waals surface area contributed by atoms with E-state index < -0.39 is 6.09 Å². The van der Waals surface area contributed by atoms with Crippen LogP contribution in [-0.2, 0) is 12.0 Å². The molecule has 39 heavy (non-hydrogen) atoms. The van der Waals surface area contributed by atoms with Crippen molar-refractivity contribution in [3.8, 4) is 11.1 Å². The first kappa shape index (κ1) is 28.3. The molecule has 2 unspecified atom stereocenters. The summed E-state index contributed by atoms with van der Waals surface area (Å²) in [4.78, 5) is 34.7. The molecule has 2 N–H and O–H groups in total. The number of benzene rings is 1. The Kier molecular flexibility index (Phi) is 7.82. The molecule has 0 bridgehead atoms. The van der Waals surface area contributed by atoms with Crippen LogP contribution in [0.5, 0.6) is 0 Å². The molecule has 1 aliphatic rings. The molecule has 0 saturated carbocycles. The highest BCUT2D eigenvalue weighted by atomic mass is 16.5. The van der Waals surface area contributed by atoms with E-state index in [4.69, 9.17) is 4.52 Å². The molecule has 1 aliphatic heterocycles. The molecular weight excluding hydrogens is 494 g/mol. The molecule has 4 rings (SSSR count). The number of likely N-dealkylation sites (tertiary alicyclic amines) is 1. The average molecular weight is 534 g/mol. The van der Waals surface area contributed by atoms with Crippen LogP contribution in [0.2, 0.25) is 0 Å². The zero-order valence-corrected chi connectivity index (χ0v) is 23.9. The number of carboxylic acid groups (broad SMARTS) is 1. The van der Waals surface area contributed by atoms with E-state index in [1.165, 1.54) is 0 Å². The Morgan fingerprint density at radius 2 is 1.90 bits per heavy atom. The zero-order valence-electron chi connectivity index (χ0n) is 23.9. The number of carbonyl (C=O) groups excluding carboxylic acids is 1. The summed E-state index contributed by atoms with van der Waals surface area (Å²) in [5, 5.41) is 16.5. The van der Waals surface area contributed by atoms with Crippen molar-refractivity contribution in [2.24, 2.45) is 5.41 Å². The monoisotopic (exact) mass is 533 g/mol. The standard InChI is InChI=1S/C30H39N5O4/c1-18-14-19(8-9-21(18)16-32-26(36)25-33-27(39-34-25)30(5,6)7)22-10-12-31-17-23(22)20-11-13-35(28(37)38)24(15-20)29(2,3)4/h8-10,12,14,17,20,24H,11,13,15-16H2,1-7H3,(H,32,36)(H,37,38). The molecule has 2 aromatic heterocycles. The number of hydrogen-bond donors (Lipinski definition) is 2. The lowest BCUT2D eigenvalue weighted by molar-refractivity contribution is 0.0526. The van der Waals surface area contributed by atoms with Gasteiger partial charge in [-0.2, -0.15) is 4.98 Å². The maximum Gasteiger partial charge on any atom is 0.407 e. The highest BCUT2D eigenvalue weighted by Crippen LogP contribution is 2.41. The number of amides is 2. The van der Waals surface area contributed by atoms with Crippen LogP contribution in [-0.4, -0.2) is 49.7 Å². The number of carbonyl (C=O) groups is 2. The van der Waals surface area contributed by atoms with Gasteiger partial charge in [0.2, 0.25) is 5.89 Å². The fourth-order valence-corrected chi connectivity index (χ4v) is 5.23. The molecule has 0 spiro atoms. The Bertz CT molecular complexity index is 1350. The Labute approximate surface area is 230 Å². The highest BCUT2D eigenvalue weighted by molar-refractivity contribution is 5.90. The molecule has 3 aromatic rings. The summed E-state index contributed by atoms with van der Waals surface area (Å²) in [7, 11) is 0. The maximum absolute atomic E-state index is 12.6. The van der Waals surface area contributed by atoms with E-state index in [1.54, 1.807) is 11.1 Å². The van der Waals surface area contributed by atoms with Crippen LogP contribution in [0.4, 0.5) is 4.79 Å². The highest BCUT2D eigenvalue weighted by Gasteiger charge is 2.39. The molecule has 2 atom stereocenters. The number of rotatable bonds is 5. The van der Waals surface area contributed by atoms with Crippen molar-refractivity contribution < 1.29 is 19.2 Å². The summed E-state index contributed by atoms with van der Waals surface area (Å²) in [6, 6.07) is 8.17. The third kappa shape index (κ3) is 6.29. The summed E-state index contributed by atoms with van der Waals surface area (Å²) in [6.45, 7) is 15.0. The minimum atomic E-state index is -0.855. The minimum Gasteiger partial charge on any atom is -0.465 e. The molecule has 0 radical (unpaired) electrons. The van der Waals surface area contributed by atoms with Gasteiger partial charge in [-0.25, -0.2) is 4.79 Å². The van der Waals surface area contributed by atoms with Gasteiger partial charge in [0.15, 0.2) is 0 Å². The number of aryl methyl sites for hydroxylation is 1. The number of hydrogen-bond acceptors (Lipinski definition) is 6. The van der Waals surface area contributed by atoms with Crippen molar-refractivity contribution in [3.05, 3.63) is 65.1 Å². The first-order valence-electron chi connectivity index (χ1n) is 13.4. The first-order chi connectivity index (χ1) is 18.3. The van der Waals surface area contributed by atoms with Gasteiger partial charge in [0.25, 0.3) is 11.7 Å². The largest absolute Gasteiger partial charge is 0.465 e. The number of aromatic nitrogens is 3. The van der Waals surface area contributed by atoms with Crippen molar-refractivity contribution in [2.45, 2.75) is 85.2 Å². The normalized spacial score (nSPS) is 18.2. The molecule has 1 saturated heterocycles. The molecule has 208 valence electrons. The third-order valence-electron chi connectivity index (χ3n) is 7.50. The van der Waals surface area contributed by atoms with Gasteiger partial charge in [0.05, 0.1) is 0 Å². The first-order valence-corrected chi connectivity index (χ1v) is 13.4. The van der Waals surface area contributed by atoms with E-state index >= 15 is 0 Å². The van der Waals surface area contributed by atoms with Gasteiger partial charge in [-0.15, -0.1) is 0 Å². The fourth-order valence-electron chi connectivity index (χ4n) is 5.23. The third-order valence-corrected chi connectivity index (χ3v) is 7.50. The Balaban J connectivity index is 1.51. The Morgan fingerprint density at radius 3 is 2.51 bits per heavy atom. The summed E-state index contributed by atoms with van der Waals surface area (Å²) >= 11 is 0. The molecule has 1 fully saturated rings. The second kappa shape index (κ2) is 10.8. The Hall–Kier alpha value is -3.75. The van der Waals surface area contributed by atoms with E-state index in [0.29, 0.717) is 19.0 Å². The van der Waals surface area contributed by atoms with Gasteiger partial charge in [-0.1, -0.05) is 64.9 Å². The van der Waals surface area contributed by atoms with E-state index in [0.717, 1.165) is 40.7 Å². The predicted octanol–water partition coefficient (Wildman–Crippen LogP) is 5.94. The minimum absolute atomic E-state index is 0.0260. The Morgan fingerprint density at radius 1 is 1.15 bits per heavy atom. The van der Waals surface area contributed by atoms with Crippen LogP contribution in [0.15, 0.2) is 41.2 Å². The maximum atomic E-state index is 12.6. The van der Waals surface area contributed by atoms with Crippen molar-refractivity contribution in [3.63, 3.8) is 0 Å². The SMILES string of the molecule is Cc1cc(-c2ccncc2C2CCN(C(=O)O)C(C(C)(C)C)C2)ccc1CNC(=O)c1noc(C(C)(C)C)n1. The van der Waals surface area contributed by atoms with Crippen molar-refractivity contribution in [1.82, 2.24) is 25.3 Å². The molecule has 0 aliphatic carbocycles. The molecule has 9 heteroatoms. The van der Waals surface area contributed by atoms with Crippen LogP contribution in [0.1, 0.15) is 93.5 Å². The molecular formula is C30H39N5O4. The van der Waals surface area contributed by atoms with Gasteiger partial charge in [-0.3, -0.25) is 9.78 Å². The number of nitrogens with zero attached hydrogens (tertiary/aromatic N) is 4. The van der Waals surface area contributed by atoms with E-state index in [2.05, 4.69) is 53.3 Å². The van der Waals surface area contributed by atoms with Crippen LogP contribution < -0.4 is 5.32 Å². The molecule has 2 amide bonds. The van der Waals surface area contributed by atoms with Crippen molar-refractivity contribution in [2.75, 3.05) is 6.54 Å². The smallest absolute Gasteiger partial charge is 0.407 e. The van der Waals surface area contributed by atoms with Gasteiger partial charge in [-0.05, 0) is 65.0 Å². The number of pyridine rings is 1. The molecule has 1 aromatic carbocycles. The average Bonchev–Trinajstić information content (AvgIpc) is 3.38. The summed E-state index contributed by atoms with van der Waals surface area (Å²) in [5.74, 6) is 0.276. The number of nitrogens with one attached hydrogen (secondary N) is 1. The lowest BCUT2D eigenvalue weighted by Gasteiger charge is -2.45. The summed E-state index contributed by atoms with van der Waals surface area (Å²) < 4.78 is 5.24. The second-order valence-electron chi connectivity index (χ2n) is 12.5. The summed E-state index contributed by atoms with van der Waals surface area (Å²) in [6.07, 6.45) is 4.38. The van der Waals surface area contributed by atoms with Gasteiger partial charge >= 0.3 is 6.09 Å². The van der Waals surface area contributed by atoms with Crippen molar-refractivity contribution >= 4 is 12.0 Å². The van der Waals surface area contributed by atoms with Gasteiger partial charge < -0.3 is 19.8 Å². The molecule has 3 heterocycles. The van der Waals surface area contributed by atoms with Crippen LogP contribution in [0.25, 0.3) is 11.1 Å². The van der Waals surface area contributed by atoms with Crippen LogP contribution in [0, 0.1) is 12.3 Å². The van der Waals surface area contributed by atoms with Crippen LogP contribution >= 0.6 is 0 Å². The lowest BCUT2D eigenvalue weighted by Crippen LogP contribution is -2.51. The topological polar surface area (TPSA) is 121 Å². The van der Waals surface area contributed by atoms with E-state index in [-0.39, 0.29) is 34.5 Å². The molecule has 9 nitrogen and oxygen atoms in total. The van der Waals surface area contributed by atoms with E-state index in [1.807, 2.05) is 46.0 Å². The van der Waals surface area contributed by atoms with Crippen LogP contribution in [0.3, 0.4) is 0 Å². The van der Waals surface area contributed by atoms with Gasteiger partial charge in [0.1, 0.15) is 0 Å². The van der Waals surface area contributed by atoms with Gasteiger partial charge in [0, 0.05) is 36.9 Å². The van der Waals surface area contributed by atoms with Crippen molar-refractivity contribution in [1.29, 1.82) is 0 Å². The lowest BCUT2D eigenvalue weighted by atomic mass is 9.74. The quantitative estimate of drug-likeness (QED) is 0.416. The predicted molar refractivity (Wildman–Crippen MR) is 149 cm³/mol.